The summed E-state index contributed by atoms with van der Waals surface area (Å²) in [6.45, 7) is 1.80. The Labute approximate surface area is 123 Å². The molecule has 0 amide bonds. The molecule has 1 atom stereocenters. The van der Waals surface area contributed by atoms with E-state index in [-0.39, 0.29) is 11.7 Å². The third-order valence-corrected chi connectivity index (χ3v) is 3.45. The number of halogens is 4. The third-order valence-electron chi connectivity index (χ3n) is 2.74. The summed E-state index contributed by atoms with van der Waals surface area (Å²) in [4.78, 5) is 0. The molecule has 0 bridgehead atoms. The molecule has 100 valence electrons. The summed E-state index contributed by atoms with van der Waals surface area (Å²) in [6, 6.07) is 8.80. The molecule has 1 N–H and O–H groups in total. The summed E-state index contributed by atoms with van der Waals surface area (Å²) in [6.07, 6.45) is 0. The lowest BCUT2D eigenvalue weighted by atomic mass is 10.1. The van der Waals surface area contributed by atoms with Gasteiger partial charge < -0.3 is 5.32 Å². The van der Waals surface area contributed by atoms with Gasteiger partial charge in [0.05, 0.1) is 5.69 Å². The van der Waals surface area contributed by atoms with E-state index in [1.54, 1.807) is 6.92 Å². The van der Waals surface area contributed by atoms with Crippen LogP contribution in [-0.4, -0.2) is 0 Å². The van der Waals surface area contributed by atoms with Gasteiger partial charge in [-0.1, -0.05) is 12.1 Å². The second-order valence-corrected chi connectivity index (χ2v) is 5.41. The van der Waals surface area contributed by atoms with Crippen LogP contribution in [0.4, 0.5) is 18.9 Å². The van der Waals surface area contributed by atoms with Crippen molar-refractivity contribution in [3.05, 3.63) is 63.0 Å². The van der Waals surface area contributed by atoms with Crippen molar-refractivity contribution < 1.29 is 13.2 Å². The van der Waals surface area contributed by atoms with Crippen molar-refractivity contribution in [2.24, 2.45) is 0 Å². The second kappa shape index (κ2) is 5.81. The minimum Gasteiger partial charge on any atom is -0.376 e. The zero-order valence-electron chi connectivity index (χ0n) is 10.1. The third kappa shape index (κ3) is 3.40. The van der Waals surface area contributed by atoms with Crippen molar-refractivity contribution >= 4 is 28.3 Å². The van der Waals surface area contributed by atoms with E-state index >= 15 is 0 Å². The normalized spacial score (nSPS) is 12.3. The summed E-state index contributed by atoms with van der Waals surface area (Å²) in [5, 5.41) is 2.77. The molecule has 0 aromatic heterocycles. The lowest BCUT2D eigenvalue weighted by molar-refractivity contribution is 0.496. The highest BCUT2D eigenvalue weighted by Gasteiger charge is 2.13. The first-order chi connectivity index (χ1) is 8.97. The van der Waals surface area contributed by atoms with Crippen molar-refractivity contribution in [3.8, 4) is 0 Å². The molecule has 1 nitrogen and oxygen atoms in total. The van der Waals surface area contributed by atoms with Gasteiger partial charge >= 0.3 is 0 Å². The van der Waals surface area contributed by atoms with Crippen LogP contribution in [0, 0.1) is 21.0 Å². The predicted octanol–water partition coefficient (Wildman–Crippen LogP) is 4.88. The van der Waals surface area contributed by atoms with Crippen LogP contribution in [0.1, 0.15) is 18.5 Å². The van der Waals surface area contributed by atoms with Gasteiger partial charge in [0.25, 0.3) is 0 Å². The molecule has 0 saturated heterocycles. The Morgan fingerprint density at radius 2 is 1.68 bits per heavy atom. The number of benzene rings is 2. The Morgan fingerprint density at radius 1 is 1.05 bits per heavy atom. The Kier molecular flexibility index (Phi) is 4.34. The van der Waals surface area contributed by atoms with Crippen LogP contribution in [0.2, 0.25) is 0 Å². The summed E-state index contributed by atoms with van der Waals surface area (Å²) in [5.74, 6) is -3.08. The lowest BCUT2D eigenvalue weighted by Crippen LogP contribution is -2.09. The monoisotopic (exact) mass is 377 g/mol. The Bertz CT molecular complexity index is 584. The molecule has 1 unspecified atom stereocenters. The fourth-order valence-corrected chi connectivity index (χ4v) is 2.09. The van der Waals surface area contributed by atoms with E-state index in [1.165, 1.54) is 0 Å². The number of nitrogens with one attached hydrogen (secondary N) is 1. The van der Waals surface area contributed by atoms with E-state index in [0.29, 0.717) is 6.07 Å². The molecule has 0 radical (unpaired) electrons. The molecule has 19 heavy (non-hydrogen) atoms. The molecule has 2 aromatic rings. The molecule has 0 spiro atoms. The average molecular weight is 377 g/mol. The van der Waals surface area contributed by atoms with Gasteiger partial charge in [-0.2, -0.15) is 0 Å². The fourth-order valence-electron chi connectivity index (χ4n) is 1.73. The van der Waals surface area contributed by atoms with Crippen LogP contribution in [0.25, 0.3) is 0 Å². The molecule has 0 aliphatic rings. The van der Waals surface area contributed by atoms with Crippen molar-refractivity contribution in [3.63, 3.8) is 0 Å². The zero-order valence-corrected chi connectivity index (χ0v) is 12.2. The van der Waals surface area contributed by atoms with Crippen LogP contribution >= 0.6 is 22.6 Å². The van der Waals surface area contributed by atoms with Crippen LogP contribution in [0.5, 0.6) is 0 Å². The number of anilines is 1. The van der Waals surface area contributed by atoms with E-state index in [9.17, 15) is 13.2 Å². The van der Waals surface area contributed by atoms with Crippen molar-refractivity contribution in [2.75, 3.05) is 5.32 Å². The molecular weight excluding hydrogens is 366 g/mol. The van der Waals surface area contributed by atoms with Crippen LogP contribution < -0.4 is 5.32 Å². The van der Waals surface area contributed by atoms with Gasteiger partial charge in [0.15, 0.2) is 11.6 Å². The standard InChI is InChI=1S/C14H11F3IN/c1-8(9-2-4-11(18)5-3-9)19-13-7-10(15)6-12(16)14(13)17/h2-8,19H,1H3. The van der Waals surface area contributed by atoms with E-state index in [2.05, 4.69) is 27.9 Å². The first-order valence-corrected chi connectivity index (χ1v) is 6.72. The van der Waals surface area contributed by atoms with Crippen molar-refractivity contribution in [1.82, 2.24) is 0 Å². The molecule has 0 aliphatic carbocycles. The minimum absolute atomic E-state index is 0.177. The molecule has 0 aliphatic heterocycles. The molecule has 0 saturated carbocycles. The first kappa shape index (κ1) is 14.2. The maximum absolute atomic E-state index is 13.5. The molecule has 2 rings (SSSR count). The van der Waals surface area contributed by atoms with Gasteiger partial charge in [-0.3, -0.25) is 0 Å². The summed E-state index contributed by atoms with van der Waals surface area (Å²) in [7, 11) is 0. The van der Waals surface area contributed by atoms with Gasteiger partial charge in [0.2, 0.25) is 0 Å². The highest BCUT2D eigenvalue weighted by Crippen LogP contribution is 2.24. The lowest BCUT2D eigenvalue weighted by Gasteiger charge is -2.16. The molecule has 0 heterocycles. The van der Waals surface area contributed by atoms with E-state index in [0.717, 1.165) is 15.2 Å². The Morgan fingerprint density at radius 3 is 2.32 bits per heavy atom. The molecular formula is C14H11F3IN. The molecule has 0 fully saturated rings. The van der Waals surface area contributed by atoms with Gasteiger partial charge in [-0.05, 0) is 47.2 Å². The number of hydrogen-bond donors (Lipinski definition) is 1. The first-order valence-electron chi connectivity index (χ1n) is 5.64. The SMILES string of the molecule is CC(Nc1cc(F)cc(F)c1F)c1ccc(I)cc1. The fraction of sp³-hybridized carbons (Fsp3) is 0.143. The molecule has 5 heteroatoms. The quantitative estimate of drug-likeness (QED) is 0.594. The van der Waals surface area contributed by atoms with Gasteiger partial charge in [-0.25, -0.2) is 13.2 Å². The summed E-state index contributed by atoms with van der Waals surface area (Å²) in [5.41, 5.74) is 0.730. The van der Waals surface area contributed by atoms with Gasteiger partial charge in [0.1, 0.15) is 5.82 Å². The number of rotatable bonds is 3. The summed E-state index contributed by atoms with van der Waals surface area (Å²) < 4.78 is 40.8. The second-order valence-electron chi connectivity index (χ2n) is 4.17. The van der Waals surface area contributed by atoms with E-state index in [1.807, 2.05) is 24.3 Å². The predicted molar refractivity (Wildman–Crippen MR) is 77.5 cm³/mol. The Balaban J connectivity index is 2.23. The zero-order chi connectivity index (χ0) is 14.0. The highest BCUT2D eigenvalue weighted by atomic mass is 127. The van der Waals surface area contributed by atoms with Crippen molar-refractivity contribution in [2.45, 2.75) is 13.0 Å². The highest BCUT2D eigenvalue weighted by molar-refractivity contribution is 14.1. The minimum atomic E-state index is -1.20. The van der Waals surface area contributed by atoms with Gasteiger partial charge in [0, 0.05) is 21.7 Å². The van der Waals surface area contributed by atoms with Crippen LogP contribution in [0.15, 0.2) is 36.4 Å². The van der Waals surface area contributed by atoms with Crippen molar-refractivity contribution in [1.29, 1.82) is 0 Å². The topological polar surface area (TPSA) is 12.0 Å². The maximum atomic E-state index is 13.5. The van der Waals surface area contributed by atoms with E-state index < -0.39 is 17.5 Å². The average Bonchev–Trinajstić information content (AvgIpc) is 2.36. The largest absolute Gasteiger partial charge is 0.376 e. The smallest absolute Gasteiger partial charge is 0.182 e. The summed E-state index contributed by atoms with van der Waals surface area (Å²) >= 11 is 2.18. The Hall–Kier alpha value is -1.24. The molecule has 2 aromatic carbocycles. The van der Waals surface area contributed by atoms with Gasteiger partial charge in [-0.15, -0.1) is 0 Å². The maximum Gasteiger partial charge on any atom is 0.182 e. The van der Waals surface area contributed by atoms with Crippen LogP contribution in [-0.2, 0) is 0 Å². The van der Waals surface area contributed by atoms with E-state index in [4.69, 9.17) is 0 Å². The van der Waals surface area contributed by atoms with Crippen LogP contribution in [0.3, 0.4) is 0 Å². The number of hydrogen-bond acceptors (Lipinski definition) is 1.